The molecule has 92 valence electrons. The molecule has 0 bridgehead atoms. The Morgan fingerprint density at radius 3 is 2.71 bits per heavy atom. The zero-order valence-electron chi connectivity index (χ0n) is 10.1. The Bertz CT molecular complexity index is 417. The smallest absolute Gasteiger partial charge is 0.263 e. The van der Waals surface area contributed by atoms with Gasteiger partial charge in [-0.2, -0.15) is 0 Å². The second-order valence-corrected chi connectivity index (χ2v) is 6.18. The summed E-state index contributed by atoms with van der Waals surface area (Å²) in [4.78, 5) is 16.6. The third-order valence-electron chi connectivity index (χ3n) is 3.90. The monoisotopic (exact) mass is 250 g/mol. The highest BCUT2D eigenvalue weighted by Crippen LogP contribution is 2.28. The van der Waals surface area contributed by atoms with Gasteiger partial charge in [-0.15, -0.1) is 11.3 Å². The normalized spacial score (nSPS) is 27.5. The van der Waals surface area contributed by atoms with Crippen LogP contribution in [0.3, 0.4) is 0 Å². The highest BCUT2D eigenvalue weighted by molar-refractivity contribution is 7.14. The number of amides is 1. The van der Waals surface area contributed by atoms with Crippen LogP contribution in [0.15, 0.2) is 12.1 Å². The molecule has 1 N–H and O–H groups in total. The summed E-state index contributed by atoms with van der Waals surface area (Å²) in [6.45, 7) is 6.18. The number of aryl methyl sites for hydroxylation is 1. The Hall–Kier alpha value is -0.870. The number of rotatable bonds is 2. The number of carbonyl (C=O) groups excluding carboxylic acids is 1. The molecule has 0 radical (unpaired) electrons. The molecular formula is C13H18N2OS. The minimum absolute atomic E-state index is 0.240. The summed E-state index contributed by atoms with van der Waals surface area (Å²) in [7, 11) is 0. The lowest BCUT2D eigenvalue weighted by molar-refractivity contribution is 0.0786. The quantitative estimate of drug-likeness (QED) is 0.865. The molecule has 2 saturated heterocycles. The number of thiophene rings is 1. The van der Waals surface area contributed by atoms with Gasteiger partial charge in [-0.3, -0.25) is 4.79 Å². The SMILES string of the molecule is CCc1ccc(C(=O)N2C[C@H]3CNC[C@H]3C2)s1. The minimum Gasteiger partial charge on any atom is -0.337 e. The Labute approximate surface area is 106 Å². The summed E-state index contributed by atoms with van der Waals surface area (Å²) in [5.74, 6) is 1.61. The number of nitrogens with zero attached hydrogens (tertiary/aromatic N) is 1. The van der Waals surface area contributed by atoms with E-state index in [0.29, 0.717) is 11.8 Å². The summed E-state index contributed by atoms with van der Waals surface area (Å²) in [5.41, 5.74) is 0. The van der Waals surface area contributed by atoms with Gasteiger partial charge < -0.3 is 10.2 Å². The van der Waals surface area contributed by atoms with Gasteiger partial charge in [0.1, 0.15) is 0 Å². The molecule has 3 heterocycles. The van der Waals surface area contributed by atoms with Crippen molar-refractivity contribution in [1.82, 2.24) is 10.2 Å². The van der Waals surface area contributed by atoms with Crippen LogP contribution in [0.4, 0.5) is 0 Å². The number of nitrogens with one attached hydrogen (secondary N) is 1. The molecular weight excluding hydrogens is 232 g/mol. The van der Waals surface area contributed by atoms with Crippen molar-refractivity contribution >= 4 is 17.2 Å². The van der Waals surface area contributed by atoms with E-state index in [1.165, 1.54) is 4.88 Å². The number of hydrogen-bond acceptors (Lipinski definition) is 3. The molecule has 0 spiro atoms. The molecule has 2 aliphatic rings. The first kappa shape index (κ1) is 11.2. The first-order valence-electron chi connectivity index (χ1n) is 6.36. The zero-order chi connectivity index (χ0) is 11.8. The van der Waals surface area contributed by atoms with E-state index in [1.807, 2.05) is 11.0 Å². The Kier molecular flexibility index (Phi) is 2.92. The first-order chi connectivity index (χ1) is 8.28. The third-order valence-corrected chi connectivity index (χ3v) is 5.12. The van der Waals surface area contributed by atoms with Crippen molar-refractivity contribution in [3.8, 4) is 0 Å². The van der Waals surface area contributed by atoms with Gasteiger partial charge in [0.2, 0.25) is 0 Å². The van der Waals surface area contributed by atoms with E-state index in [4.69, 9.17) is 0 Å². The molecule has 0 saturated carbocycles. The highest BCUT2D eigenvalue weighted by Gasteiger charge is 2.38. The van der Waals surface area contributed by atoms with Crippen LogP contribution in [0.2, 0.25) is 0 Å². The molecule has 17 heavy (non-hydrogen) atoms. The fraction of sp³-hybridized carbons (Fsp3) is 0.615. The molecule has 1 aromatic rings. The fourth-order valence-electron chi connectivity index (χ4n) is 2.86. The largest absolute Gasteiger partial charge is 0.337 e. The Morgan fingerprint density at radius 1 is 1.41 bits per heavy atom. The van der Waals surface area contributed by atoms with Gasteiger partial charge in [0.25, 0.3) is 5.91 Å². The second kappa shape index (κ2) is 4.42. The molecule has 3 nitrogen and oxygen atoms in total. The third kappa shape index (κ3) is 2.00. The molecule has 0 aromatic carbocycles. The van der Waals surface area contributed by atoms with E-state index in [9.17, 15) is 4.79 Å². The van der Waals surface area contributed by atoms with Crippen LogP contribution in [0.25, 0.3) is 0 Å². The topological polar surface area (TPSA) is 32.3 Å². The van der Waals surface area contributed by atoms with Crippen molar-refractivity contribution in [2.45, 2.75) is 13.3 Å². The molecule has 3 rings (SSSR count). The number of fused-ring (bicyclic) bond motifs is 1. The Morgan fingerprint density at radius 2 is 2.12 bits per heavy atom. The standard InChI is InChI=1S/C13H18N2OS/c1-2-11-3-4-12(17-11)13(16)15-7-9-5-14-6-10(9)8-15/h3-4,9-10,14H,2,5-8H2,1H3/t9-,10+. The second-order valence-electron chi connectivity index (χ2n) is 5.01. The number of carbonyl (C=O) groups is 1. The first-order valence-corrected chi connectivity index (χ1v) is 7.18. The van der Waals surface area contributed by atoms with Gasteiger partial charge in [0.05, 0.1) is 4.88 Å². The maximum Gasteiger partial charge on any atom is 0.263 e. The lowest BCUT2D eigenvalue weighted by Crippen LogP contribution is -2.31. The molecule has 1 aromatic heterocycles. The average Bonchev–Trinajstić information content (AvgIpc) is 3.02. The van der Waals surface area contributed by atoms with Crippen molar-refractivity contribution in [2.75, 3.05) is 26.2 Å². The van der Waals surface area contributed by atoms with E-state index in [1.54, 1.807) is 11.3 Å². The molecule has 1 amide bonds. The van der Waals surface area contributed by atoms with Crippen LogP contribution in [0.5, 0.6) is 0 Å². The van der Waals surface area contributed by atoms with Crippen molar-refractivity contribution in [3.05, 3.63) is 21.9 Å². The van der Waals surface area contributed by atoms with Gasteiger partial charge in [-0.1, -0.05) is 6.92 Å². The van der Waals surface area contributed by atoms with Crippen LogP contribution in [-0.2, 0) is 6.42 Å². The molecule has 2 aliphatic heterocycles. The van der Waals surface area contributed by atoms with E-state index >= 15 is 0 Å². The summed E-state index contributed by atoms with van der Waals surface area (Å²) < 4.78 is 0. The van der Waals surface area contributed by atoms with Crippen LogP contribution >= 0.6 is 11.3 Å². The minimum atomic E-state index is 0.240. The maximum atomic E-state index is 12.3. The van der Waals surface area contributed by atoms with Crippen molar-refractivity contribution < 1.29 is 4.79 Å². The molecule has 0 aliphatic carbocycles. The van der Waals surface area contributed by atoms with Gasteiger partial charge in [-0.05, 0) is 30.4 Å². The van der Waals surface area contributed by atoms with E-state index in [0.717, 1.165) is 37.5 Å². The predicted octanol–water partition coefficient (Wildman–Crippen LogP) is 1.60. The van der Waals surface area contributed by atoms with Crippen molar-refractivity contribution in [1.29, 1.82) is 0 Å². The van der Waals surface area contributed by atoms with Gasteiger partial charge in [0, 0.05) is 31.1 Å². The fourth-order valence-corrected chi connectivity index (χ4v) is 3.78. The van der Waals surface area contributed by atoms with E-state index in [2.05, 4.69) is 18.3 Å². The van der Waals surface area contributed by atoms with Crippen molar-refractivity contribution in [3.63, 3.8) is 0 Å². The summed E-state index contributed by atoms with van der Waals surface area (Å²) >= 11 is 1.65. The van der Waals surface area contributed by atoms with Crippen molar-refractivity contribution in [2.24, 2.45) is 11.8 Å². The van der Waals surface area contributed by atoms with Crippen LogP contribution in [-0.4, -0.2) is 37.0 Å². The molecule has 4 heteroatoms. The molecule has 0 unspecified atom stereocenters. The van der Waals surface area contributed by atoms with Crippen LogP contribution in [0, 0.1) is 11.8 Å². The van der Waals surface area contributed by atoms with Gasteiger partial charge in [-0.25, -0.2) is 0 Å². The molecule has 2 atom stereocenters. The zero-order valence-corrected chi connectivity index (χ0v) is 10.9. The molecule has 2 fully saturated rings. The highest BCUT2D eigenvalue weighted by atomic mass is 32.1. The summed E-state index contributed by atoms with van der Waals surface area (Å²) in [5, 5.41) is 3.40. The maximum absolute atomic E-state index is 12.3. The average molecular weight is 250 g/mol. The van der Waals surface area contributed by atoms with Gasteiger partial charge in [0.15, 0.2) is 0 Å². The van der Waals surface area contributed by atoms with Gasteiger partial charge >= 0.3 is 0 Å². The number of likely N-dealkylation sites (tertiary alicyclic amines) is 1. The Balaban J connectivity index is 1.70. The van der Waals surface area contributed by atoms with Crippen LogP contribution < -0.4 is 5.32 Å². The summed E-state index contributed by atoms with van der Waals surface area (Å²) in [6, 6.07) is 4.06. The lowest BCUT2D eigenvalue weighted by atomic mass is 10.0. The van der Waals surface area contributed by atoms with E-state index < -0.39 is 0 Å². The lowest BCUT2D eigenvalue weighted by Gasteiger charge is -2.16. The predicted molar refractivity (Wildman–Crippen MR) is 69.5 cm³/mol. The van der Waals surface area contributed by atoms with Crippen LogP contribution in [0.1, 0.15) is 21.5 Å². The van der Waals surface area contributed by atoms with E-state index in [-0.39, 0.29) is 5.91 Å². The summed E-state index contributed by atoms with van der Waals surface area (Å²) in [6.07, 6.45) is 1.02. The number of hydrogen-bond donors (Lipinski definition) is 1.